The number of hydrogen-bond acceptors (Lipinski definition) is 3. The van der Waals surface area contributed by atoms with Crippen molar-refractivity contribution >= 4 is 11.5 Å². The van der Waals surface area contributed by atoms with Gasteiger partial charge >= 0.3 is 5.97 Å². The number of methoxy groups -OCH3 is 2. The fraction of sp³-hybridized carbons (Fsp3) is 0.409. The van der Waals surface area contributed by atoms with Crippen LogP contribution < -0.4 is 9.47 Å². The Hall–Kier alpha value is -2.49. The fourth-order valence-corrected chi connectivity index (χ4v) is 4.37. The van der Waals surface area contributed by atoms with E-state index in [0.717, 1.165) is 22.6 Å². The monoisotopic (exact) mass is 354 g/mol. The summed E-state index contributed by atoms with van der Waals surface area (Å²) in [5, 5.41) is 8.78. The van der Waals surface area contributed by atoms with Crippen molar-refractivity contribution in [3.05, 3.63) is 52.6 Å². The number of allylic oxidation sites excluding steroid dienone is 5. The summed E-state index contributed by atoms with van der Waals surface area (Å²) in [6, 6.07) is 2.08. The average molecular weight is 354 g/mol. The molecule has 4 heteroatoms. The number of aliphatic carboxylic acids is 1. The predicted octanol–water partition coefficient (Wildman–Crippen LogP) is 5.06. The number of carboxylic acids is 1. The highest BCUT2D eigenvalue weighted by atomic mass is 16.5. The topological polar surface area (TPSA) is 55.8 Å². The van der Waals surface area contributed by atoms with Crippen LogP contribution in [0.3, 0.4) is 0 Å². The van der Waals surface area contributed by atoms with Gasteiger partial charge in [-0.05, 0) is 62.2 Å². The zero-order valence-corrected chi connectivity index (χ0v) is 15.8. The predicted molar refractivity (Wildman–Crippen MR) is 103 cm³/mol. The van der Waals surface area contributed by atoms with Gasteiger partial charge in [0, 0.05) is 22.8 Å². The molecule has 2 bridgehead atoms. The van der Waals surface area contributed by atoms with Crippen LogP contribution in [0.4, 0.5) is 0 Å². The van der Waals surface area contributed by atoms with Gasteiger partial charge in [-0.2, -0.15) is 0 Å². The van der Waals surface area contributed by atoms with Crippen LogP contribution in [0.1, 0.15) is 61.6 Å². The first-order valence-corrected chi connectivity index (χ1v) is 9.01. The summed E-state index contributed by atoms with van der Waals surface area (Å²) in [4.78, 5) is 10.7. The molecule has 2 unspecified atom stereocenters. The molecule has 3 rings (SSSR count). The van der Waals surface area contributed by atoms with E-state index in [1.807, 2.05) is 19.1 Å². The minimum Gasteiger partial charge on any atom is -0.496 e. The molecule has 0 radical (unpaired) electrons. The van der Waals surface area contributed by atoms with Gasteiger partial charge < -0.3 is 14.6 Å². The molecule has 0 aliphatic heterocycles. The molecule has 2 aliphatic carbocycles. The Bertz CT molecular complexity index is 814. The Morgan fingerprint density at radius 1 is 1.15 bits per heavy atom. The normalized spacial score (nSPS) is 22.0. The standard InChI is InChI=1S/C22H26O4/c1-13(10-19(23)24)6-5-7-14(2)17-12-18(25-3)20-15-8-9-16(11-15)21(20)22(17)26-4/h5-7,10,12,15-16H,8-9,11H2,1-4H3,(H,23,24). The van der Waals surface area contributed by atoms with Gasteiger partial charge in [0.2, 0.25) is 0 Å². The summed E-state index contributed by atoms with van der Waals surface area (Å²) in [6.07, 6.45) is 10.5. The first kappa shape index (κ1) is 18.3. The van der Waals surface area contributed by atoms with E-state index in [2.05, 4.69) is 6.07 Å². The van der Waals surface area contributed by atoms with Crippen LogP contribution in [0.15, 0.2) is 35.9 Å². The fourth-order valence-electron chi connectivity index (χ4n) is 4.37. The minimum atomic E-state index is -0.937. The zero-order chi connectivity index (χ0) is 18.8. The Balaban J connectivity index is 2.00. The maximum Gasteiger partial charge on any atom is 0.328 e. The molecule has 1 fully saturated rings. The maximum absolute atomic E-state index is 10.7. The van der Waals surface area contributed by atoms with E-state index in [0.29, 0.717) is 17.4 Å². The molecule has 1 aromatic rings. The number of hydrogen-bond donors (Lipinski definition) is 1. The van der Waals surface area contributed by atoms with Gasteiger partial charge in [0.25, 0.3) is 0 Å². The van der Waals surface area contributed by atoms with Crippen molar-refractivity contribution in [2.24, 2.45) is 0 Å². The molecule has 0 heterocycles. The quantitative estimate of drug-likeness (QED) is 0.573. The summed E-state index contributed by atoms with van der Waals surface area (Å²) >= 11 is 0. The lowest BCUT2D eigenvalue weighted by molar-refractivity contribution is -0.131. The Morgan fingerprint density at radius 2 is 1.85 bits per heavy atom. The highest BCUT2D eigenvalue weighted by Gasteiger charge is 2.42. The number of ether oxygens (including phenoxy) is 2. The number of carbonyl (C=O) groups is 1. The van der Waals surface area contributed by atoms with E-state index in [1.165, 1.54) is 36.5 Å². The van der Waals surface area contributed by atoms with E-state index in [9.17, 15) is 4.79 Å². The molecule has 0 spiro atoms. The molecule has 4 nitrogen and oxygen atoms in total. The molecule has 138 valence electrons. The molecule has 2 atom stereocenters. The summed E-state index contributed by atoms with van der Waals surface area (Å²) in [7, 11) is 3.47. The third-order valence-electron chi connectivity index (χ3n) is 5.47. The maximum atomic E-state index is 10.7. The molecule has 0 aromatic heterocycles. The molecule has 0 saturated heterocycles. The van der Waals surface area contributed by atoms with Crippen molar-refractivity contribution in [2.45, 2.75) is 44.9 Å². The van der Waals surface area contributed by atoms with Crippen molar-refractivity contribution in [3.63, 3.8) is 0 Å². The molecule has 26 heavy (non-hydrogen) atoms. The number of benzene rings is 1. The van der Waals surface area contributed by atoms with E-state index in [-0.39, 0.29) is 0 Å². The number of fused-ring (bicyclic) bond motifs is 5. The third-order valence-corrected chi connectivity index (χ3v) is 5.47. The summed E-state index contributed by atoms with van der Waals surface area (Å²) in [6.45, 7) is 3.81. The summed E-state index contributed by atoms with van der Waals surface area (Å²) in [5.41, 5.74) is 5.47. The Kier molecular flexibility index (Phi) is 5.21. The first-order chi connectivity index (χ1) is 12.5. The third kappa shape index (κ3) is 3.28. The second-order valence-corrected chi connectivity index (χ2v) is 7.13. The van der Waals surface area contributed by atoms with Crippen LogP contribution in [0.5, 0.6) is 11.5 Å². The van der Waals surface area contributed by atoms with E-state index < -0.39 is 5.97 Å². The van der Waals surface area contributed by atoms with E-state index in [4.69, 9.17) is 14.6 Å². The molecule has 1 N–H and O–H groups in total. The lowest BCUT2D eigenvalue weighted by Gasteiger charge is -2.23. The van der Waals surface area contributed by atoms with Gasteiger partial charge in [0.1, 0.15) is 11.5 Å². The van der Waals surface area contributed by atoms with Gasteiger partial charge in [-0.3, -0.25) is 0 Å². The minimum absolute atomic E-state index is 0.572. The van der Waals surface area contributed by atoms with Gasteiger partial charge in [0.15, 0.2) is 0 Å². The number of carboxylic acid groups (broad SMARTS) is 1. The zero-order valence-electron chi connectivity index (χ0n) is 15.8. The van der Waals surface area contributed by atoms with Gasteiger partial charge in [-0.25, -0.2) is 4.79 Å². The molecular formula is C22H26O4. The first-order valence-electron chi connectivity index (χ1n) is 9.01. The summed E-state index contributed by atoms with van der Waals surface area (Å²) < 4.78 is 11.5. The Morgan fingerprint density at radius 3 is 2.46 bits per heavy atom. The number of rotatable bonds is 6. The Labute approximate surface area is 154 Å². The highest BCUT2D eigenvalue weighted by Crippen LogP contribution is 2.59. The van der Waals surface area contributed by atoms with Crippen LogP contribution in [-0.2, 0) is 4.79 Å². The van der Waals surface area contributed by atoms with Crippen molar-refractivity contribution in [1.29, 1.82) is 0 Å². The molecular weight excluding hydrogens is 328 g/mol. The average Bonchev–Trinajstić information content (AvgIpc) is 3.21. The van der Waals surface area contributed by atoms with Crippen molar-refractivity contribution < 1.29 is 19.4 Å². The highest BCUT2D eigenvalue weighted by molar-refractivity contribution is 5.81. The van der Waals surface area contributed by atoms with Crippen LogP contribution in [-0.4, -0.2) is 25.3 Å². The van der Waals surface area contributed by atoms with Crippen molar-refractivity contribution in [3.8, 4) is 11.5 Å². The smallest absolute Gasteiger partial charge is 0.328 e. The summed E-state index contributed by atoms with van der Waals surface area (Å²) in [5.74, 6) is 2.16. The van der Waals surface area contributed by atoms with E-state index in [1.54, 1.807) is 27.2 Å². The molecule has 2 aliphatic rings. The van der Waals surface area contributed by atoms with Gasteiger partial charge in [-0.1, -0.05) is 18.2 Å². The lowest BCUT2D eigenvalue weighted by atomic mass is 9.87. The van der Waals surface area contributed by atoms with Gasteiger partial charge in [0.05, 0.1) is 14.2 Å². The lowest BCUT2D eigenvalue weighted by Crippen LogP contribution is -2.06. The van der Waals surface area contributed by atoms with E-state index >= 15 is 0 Å². The van der Waals surface area contributed by atoms with Crippen LogP contribution >= 0.6 is 0 Å². The van der Waals surface area contributed by atoms with Gasteiger partial charge in [-0.15, -0.1) is 0 Å². The SMILES string of the molecule is COc1cc(C(C)=CC=CC(C)=CC(=O)O)c(OC)c2c1C1CCC2C1. The van der Waals surface area contributed by atoms with Crippen LogP contribution in [0, 0.1) is 0 Å². The van der Waals surface area contributed by atoms with Crippen LogP contribution in [0.25, 0.3) is 5.57 Å². The van der Waals surface area contributed by atoms with Crippen LogP contribution in [0.2, 0.25) is 0 Å². The van der Waals surface area contributed by atoms with Crippen molar-refractivity contribution in [1.82, 2.24) is 0 Å². The van der Waals surface area contributed by atoms with Crippen molar-refractivity contribution in [2.75, 3.05) is 14.2 Å². The largest absolute Gasteiger partial charge is 0.496 e. The molecule has 1 aromatic carbocycles. The second-order valence-electron chi connectivity index (χ2n) is 7.13. The molecule has 1 saturated carbocycles. The second kappa shape index (κ2) is 7.40. The molecule has 0 amide bonds.